The van der Waals surface area contributed by atoms with E-state index in [0.29, 0.717) is 23.3 Å². The number of nitrogens with one attached hydrogen (secondary N) is 2. The first-order valence-electron chi connectivity index (χ1n) is 11.7. The number of hydrogen-bond acceptors (Lipinski definition) is 9. The van der Waals surface area contributed by atoms with Gasteiger partial charge in [0.05, 0.1) is 11.9 Å². The van der Waals surface area contributed by atoms with E-state index >= 15 is 0 Å². The summed E-state index contributed by atoms with van der Waals surface area (Å²) in [5, 5.41) is 6.61. The molecule has 3 aliphatic heterocycles. The van der Waals surface area contributed by atoms with E-state index in [-0.39, 0.29) is 5.92 Å². The maximum Gasteiger partial charge on any atom is 0.263 e. The average Bonchev–Trinajstić information content (AvgIpc) is 3.17. The SMILES string of the molecule is Cc1nc(Nc2ccc(N3CCN(C4CCNCC4)CC3)cn2)nc2c1C(C)C(C(N)=O)=N2. The fourth-order valence-corrected chi connectivity index (χ4v) is 5.11. The molecule has 2 aromatic heterocycles. The highest BCUT2D eigenvalue weighted by atomic mass is 16.1. The molecule has 174 valence electrons. The summed E-state index contributed by atoms with van der Waals surface area (Å²) in [5.41, 5.74) is 8.52. The van der Waals surface area contributed by atoms with E-state index in [1.807, 2.05) is 26.1 Å². The highest BCUT2D eigenvalue weighted by molar-refractivity contribution is 6.41. The molecule has 0 aliphatic carbocycles. The van der Waals surface area contributed by atoms with E-state index in [2.05, 4.69) is 46.4 Å². The molecule has 0 bridgehead atoms. The predicted molar refractivity (Wildman–Crippen MR) is 129 cm³/mol. The summed E-state index contributed by atoms with van der Waals surface area (Å²) in [6.07, 6.45) is 4.40. The molecule has 2 saturated heterocycles. The zero-order chi connectivity index (χ0) is 22.9. The van der Waals surface area contributed by atoms with E-state index in [1.54, 1.807) is 0 Å². The molecule has 0 aromatic carbocycles. The molecule has 3 aliphatic rings. The standard InChI is InChI=1S/C23H31N9O/c1-14-19-15(2)27-23(30-22(19)29-20(14)21(24)33)28-18-4-3-17(13-26-18)32-11-9-31(10-12-32)16-5-7-25-8-6-16/h3-4,13-14,16,25H,5-12H2,1-2H3,(H2,24,33)(H,26,27,28,30). The molecule has 1 atom stereocenters. The third-order valence-corrected chi connectivity index (χ3v) is 6.93. The van der Waals surface area contributed by atoms with Gasteiger partial charge in [0.15, 0.2) is 5.82 Å². The van der Waals surface area contributed by atoms with Gasteiger partial charge in [0.2, 0.25) is 5.95 Å². The topological polar surface area (TPSA) is 125 Å². The van der Waals surface area contributed by atoms with E-state index < -0.39 is 5.91 Å². The van der Waals surface area contributed by atoms with Gasteiger partial charge in [0.25, 0.3) is 5.91 Å². The molecule has 10 nitrogen and oxygen atoms in total. The summed E-state index contributed by atoms with van der Waals surface area (Å²) in [5.74, 6) is 0.845. The van der Waals surface area contributed by atoms with Crippen molar-refractivity contribution in [3.05, 3.63) is 29.6 Å². The predicted octanol–water partition coefficient (Wildman–Crippen LogP) is 1.47. The Morgan fingerprint density at radius 3 is 2.58 bits per heavy atom. The second kappa shape index (κ2) is 9.03. The Labute approximate surface area is 193 Å². The van der Waals surface area contributed by atoms with Crippen LogP contribution < -0.4 is 21.3 Å². The molecule has 2 fully saturated rings. The highest BCUT2D eigenvalue weighted by Crippen LogP contribution is 2.36. The van der Waals surface area contributed by atoms with Crippen molar-refractivity contribution in [3.8, 4) is 0 Å². The van der Waals surface area contributed by atoms with Gasteiger partial charge in [-0.1, -0.05) is 6.92 Å². The van der Waals surface area contributed by atoms with E-state index in [9.17, 15) is 4.79 Å². The largest absolute Gasteiger partial charge is 0.368 e. The highest BCUT2D eigenvalue weighted by Gasteiger charge is 2.31. The number of nitrogens with zero attached hydrogens (tertiary/aromatic N) is 6. The molecule has 1 amide bonds. The van der Waals surface area contributed by atoms with Crippen LogP contribution in [0, 0.1) is 6.92 Å². The van der Waals surface area contributed by atoms with Crippen molar-refractivity contribution in [3.63, 3.8) is 0 Å². The molecular weight excluding hydrogens is 418 g/mol. The van der Waals surface area contributed by atoms with Crippen LogP contribution in [0.1, 0.15) is 36.9 Å². The van der Waals surface area contributed by atoms with Gasteiger partial charge >= 0.3 is 0 Å². The minimum atomic E-state index is -0.525. The molecule has 0 radical (unpaired) electrons. The lowest BCUT2D eigenvalue weighted by Crippen LogP contribution is -2.52. The number of aromatic nitrogens is 3. The molecule has 2 aromatic rings. The minimum Gasteiger partial charge on any atom is -0.368 e. The van der Waals surface area contributed by atoms with Crippen LogP contribution in [0.15, 0.2) is 23.3 Å². The summed E-state index contributed by atoms with van der Waals surface area (Å²) < 4.78 is 0. The van der Waals surface area contributed by atoms with E-state index in [0.717, 1.165) is 62.3 Å². The van der Waals surface area contributed by atoms with Crippen LogP contribution >= 0.6 is 0 Å². The van der Waals surface area contributed by atoms with Crippen LogP contribution in [0.2, 0.25) is 0 Å². The third-order valence-electron chi connectivity index (χ3n) is 6.93. The lowest BCUT2D eigenvalue weighted by molar-refractivity contribution is -0.112. The van der Waals surface area contributed by atoms with Crippen LogP contribution in [-0.4, -0.2) is 76.8 Å². The van der Waals surface area contributed by atoms with Gasteiger partial charge in [-0.3, -0.25) is 9.69 Å². The number of carbonyl (C=O) groups is 1. The average molecular weight is 450 g/mol. The quantitative estimate of drug-likeness (QED) is 0.627. The molecule has 5 rings (SSSR count). The summed E-state index contributed by atoms with van der Waals surface area (Å²) in [6.45, 7) is 10.3. The van der Waals surface area contributed by atoms with Crippen molar-refractivity contribution in [1.82, 2.24) is 25.2 Å². The van der Waals surface area contributed by atoms with Crippen molar-refractivity contribution in [2.24, 2.45) is 10.7 Å². The first kappa shape index (κ1) is 21.7. The molecule has 33 heavy (non-hydrogen) atoms. The van der Waals surface area contributed by atoms with Crippen molar-refractivity contribution < 1.29 is 4.79 Å². The second-order valence-corrected chi connectivity index (χ2v) is 8.98. The molecule has 10 heteroatoms. The molecule has 4 N–H and O–H groups in total. The molecule has 0 saturated carbocycles. The van der Waals surface area contributed by atoms with Crippen LogP contribution in [0.5, 0.6) is 0 Å². The number of piperazine rings is 1. The van der Waals surface area contributed by atoms with Crippen molar-refractivity contribution in [1.29, 1.82) is 0 Å². The molecule has 0 spiro atoms. The van der Waals surface area contributed by atoms with Gasteiger partial charge in [-0.05, 0) is 45.0 Å². The van der Waals surface area contributed by atoms with Gasteiger partial charge in [-0.2, -0.15) is 4.98 Å². The number of nitrogens with two attached hydrogens (primary N) is 1. The summed E-state index contributed by atoms with van der Waals surface area (Å²) in [6, 6.07) is 4.75. The van der Waals surface area contributed by atoms with Crippen LogP contribution in [-0.2, 0) is 4.79 Å². The third kappa shape index (κ3) is 4.40. The Kier molecular flexibility index (Phi) is 5.94. The summed E-state index contributed by atoms with van der Waals surface area (Å²) >= 11 is 0. The van der Waals surface area contributed by atoms with Gasteiger partial charge in [-0.25, -0.2) is 15.0 Å². The number of rotatable bonds is 5. The van der Waals surface area contributed by atoms with Crippen LogP contribution in [0.25, 0.3) is 0 Å². The molecular formula is C23H31N9O. The number of aryl methyl sites for hydroxylation is 1. The number of hydrogen-bond donors (Lipinski definition) is 3. The monoisotopic (exact) mass is 449 g/mol. The van der Waals surface area contributed by atoms with Crippen LogP contribution in [0.4, 0.5) is 23.3 Å². The Morgan fingerprint density at radius 2 is 1.91 bits per heavy atom. The molecule has 5 heterocycles. The van der Waals surface area contributed by atoms with Crippen LogP contribution in [0.3, 0.4) is 0 Å². The number of aliphatic imine (C=N–C) groups is 1. The lowest BCUT2D eigenvalue weighted by atomic mass is 9.98. The Morgan fingerprint density at radius 1 is 1.15 bits per heavy atom. The number of primary amides is 1. The summed E-state index contributed by atoms with van der Waals surface area (Å²) in [4.78, 5) is 34.6. The zero-order valence-electron chi connectivity index (χ0n) is 19.2. The maximum absolute atomic E-state index is 11.6. The Bertz CT molecular complexity index is 1050. The first-order chi connectivity index (χ1) is 16.0. The fourth-order valence-electron chi connectivity index (χ4n) is 5.11. The number of pyridine rings is 1. The van der Waals surface area contributed by atoms with Gasteiger partial charge in [-0.15, -0.1) is 0 Å². The number of piperidine rings is 1. The Hall–Kier alpha value is -3.11. The number of anilines is 3. The van der Waals surface area contributed by atoms with Gasteiger partial charge < -0.3 is 21.3 Å². The normalized spacial score (nSPS) is 21.6. The number of carbonyl (C=O) groups excluding carboxylic acids is 1. The minimum absolute atomic E-state index is 0.195. The summed E-state index contributed by atoms with van der Waals surface area (Å²) in [7, 11) is 0. The smallest absolute Gasteiger partial charge is 0.263 e. The number of amides is 1. The van der Waals surface area contributed by atoms with Crippen molar-refractivity contribution in [2.75, 3.05) is 49.5 Å². The molecule has 1 unspecified atom stereocenters. The zero-order valence-corrected chi connectivity index (χ0v) is 19.2. The Balaban J connectivity index is 1.23. The van der Waals surface area contributed by atoms with E-state index in [4.69, 9.17) is 5.73 Å². The first-order valence-corrected chi connectivity index (χ1v) is 11.7. The number of fused-ring (bicyclic) bond motifs is 1. The fraction of sp³-hybridized carbons (Fsp3) is 0.522. The van der Waals surface area contributed by atoms with Gasteiger partial charge in [0, 0.05) is 49.4 Å². The van der Waals surface area contributed by atoms with Crippen molar-refractivity contribution >= 4 is 34.9 Å². The van der Waals surface area contributed by atoms with E-state index in [1.165, 1.54) is 12.8 Å². The maximum atomic E-state index is 11.6. The lowest BCUT2D eigenvalue weighted by Gasteiger charge is -2.41. The van der Waals surface area contributed by atoms with Gasteiger partial charge in [0.1, 0.15) is 11.5 Å². The second-order valence-electron chi connectivity index (χ2n) is 8.98. The van der Waals surface area contributed by atoms with Crippen molar-refractivity contribution in [2.45, 2.75) is 38.6 Å².